The fourth-order valence-electron chi connectivity index (χ4n) is 2.31. The summed E-state index contributed by atoms with van der Waals surface area (Å²) in [6.45, 7) is 6.40. The fourth-order valence-corrected chi connectivity index (χ4v) is 2.31. The van der Waals surface area contributed by atoms with E-state index in [1.54, 1.807) is 0 Å². The Balaban J connectivity index is 2.20. The normalized spacial score (nSPS) is 24.1. The van der Waals surface area contributed by atoms with Crippen LogP contribution in [0, 0.1) is 12.8 Å². The van der Waals surface area contributed by atoms with Crippen LogP contribution < -0.4 is 4.74 Å². The molecule has 0 bridgehead atoms. The first-order valence-electron chi connectivity index (χ1n) is 6.01. The van der Waals surface area contributed by atoms with Crippen LogP contribution in [-0.4, -0.2) is 11.2 Å². The van der Waals surface area contributed by atoms with Crippen molar-refractivity contribution in [3.05, 3.63) is 29.3 Å². The molecule has 0 saturated carbocycles. The minimum absolute atomic E-state index is 0.158. The SMILES string of the molecule is Cc1ccc2c(c1)[C@@H](O)CC(CC(C)C)O2. The molecular formula is C14H20O2. The van der Waals surface area contributed by atoms with Crippen molar-refractivity contribution in [1.29, 1.82) is 0 Å². The Morgan fingerprint density at radius 2 is 2.19 bits per heavy atom. The van der Waals surface area contributed by atoms with Crippen molar-refractivity contribution in [3.63, 3.8) is 0 Å². The Labute approximate surface area is 97.3 Å². The first-order valence-corrected chi connectivity index (χ1v) is 6.01. The van der Waals surface area contributed by atoms with E-state index in [-0.39, 0.29) is 12.2 Å². The van der Waals surface area contributed by atoms with Gasteiger partial charge in [-0.25, -0.2) is 0 Å². The van der Waals surface area contributed by atoms with E-state index >= 15 is 0 Å². The van der Waals surface area contributed by atoms with Crippen molar-refractivity contribution in [1.82, 2.24) is 0 Å². The third kappa shape index (κ3) is 2.38. The highest BCUT2D eigenvalue weighted by molar-refractivity contribution is 5.40. The van der Waals surface area contributed by atoms with Crippen molar-refractivity contribution < 1.29 is 9.84 Å². The average molecular weight is 220 g/mol. The van der Waals surface area contributed by atoms with Gasteiger partial charge in [0.15, 0.2) is 0 Å². The first kappa shape index (κ1) is 11.5. The summed E-state index contributed by atoms with van der Waals surface area (Å²) in [5.41, 5.74) is 2.11. The number of aliphatic hydroxyl groups is 1. The molecule has 2 atom stereocenters. The van der Waals surface area contributed by atoms with E-state index in [2.05, 4.69) is 13.8 Å². The number of fused-ring (bicyclic) bond motifs is 1. The summed E-state index contributed by atoms with van der Waals surface area (Å²) in [4.78, 5) is 0. The zero-order chi connectivity index (χ0) is 11.7. The molecule has 1 unspecified atom stereocenters. The molecule has 2 rings (SSSR count). The molecule has 2 heteroatoms. The largest absolute Gasteiger partial charge is 0.490 e. The van der Waals surface area contributed by atoms with Gasteiger partial charge in [0.05, 0.1) is 6.10 Å². The molecular weight excluding hydrogens is 200 g/mol. The predicted octanol–water partition coefficient (Wildman–Crippen LogP) is 3.23. The van der Waals surface area contributed by atoms with Crippen LogP contribution in [0.25, 0.3) is 0 Å². The van der Waals surface area contributed by atoms with Crippen molar-refractivity contribution >= 4 is 0 Å². The molecule has 1 aromatic carbocycles. The Bertz CT molecular complexity index is 371. The van der Waals surface area contributed by atoms with Crippen molar-refractivity contribution in [2.75, 3.05) is 0 Å². The molecule has 0 spiro atoms. The van der Waals surface area contributed by atoms with Crippen LogP contribution in [0.2, 0.25) is 0 Å². The minimum Gasteiger partial charge on any atom is -0.490 e. The molecule has 1 aliphatic heterocycles. The molecule has 0 amide bonds. The molecule has 0 saturated heterocycles. The summed E-state index contributed by atoms with van der Waals surface area (Å²) in [7, 11) is 0. The van der Waals surface area contributed by atoms with Crippen LogP contribution in [0.3, 0.4) is 0 Å². The lowest BCUT2D eigenvalue weighted by Crippen LogP contribution is -2.27. The van der Waals surface area contributed by atoms with Crippen LogP contribution >= 0.6 is 0 Å². The molecule has 1 N–H and O–H groups in total. The number of aliphatic hydroxyl groups excluding tert-OH is 1. The van der Waals surface area contributed by atoms with Gasteiger partial charge < -0.3 is 9.84 Å². The second kappa shape index (κ2) is 4.46. The Hall–Kier alpha value is -1.02. The number of benzene rings is 1. The number of ether oxygens (including phenoxy) is 1. The van der Waals surface area contributed by atoms with Crippen LogP contribution in [0.15, 0.2) is 18.2 Å². The van der Waals surface area contributed by atoms with Crippen LogP contribution in [-0.2, 0) is 0 Å². The van der Waals surface area contributed by atoms with E-state index in [1.165, 1.54) is 5.56 Å². The van der Waals surface area contributed by atoms with Crippen LogP contribution in [0.5, 0.6) is 5.75 Å². The summed E-state index contributed by atoms with van der Waals surface area (Å²) < 4.78 is 5.91. The van der Waals surface area contributed by atoms with E-state index in [1.807, 2.05) is 25.1 Å². The maximum atomic E-state index is 10.1. The molecule has 1 aliphatic rings. The van der Waals surface area contributed by atoms with Gasteiger partial charge in [-0.3, -0.25) is 0 Å². The molecule has 1 aromatic rings. The maximum absolute atomic E-state index is 10.1. The molecule has 0 fully saturated rings. The summed E-state index contributed by atoms with van der Waals surface area (Å²) in [6, 6.07) is 6.02. The molecule has 88 valence electrons. The average Bonchev–Trinajstić information content (AvgIpc) is 2.18. The number of hydrogen-bond donors (Lipinski definition) is 1. The number of rotatable bonds is 2. The van der Waals surface area contributed by atoms with Gasteiger partial charge in [-0.15, -0.1) is 0 Å². The van der Waals surface area contributed by atoms with Crippen molar-refractivity contribution in [3.8, 4) is 5.75 Å². The highest BCUT2D eigenvalue weighted by Gasteiger charge is 2.27. The number of hydrogen-bond acceptors (Lipinski definition) is 2. The van der Waals surface area contributed by atoms with Gasteiger partial charge in [0, 0.05) is 12.0 Å². The molecule has 0 aromatic heterocycles. The third-order valence-corrected chi connectivity index (χ3v) is 3.04. The van der Waals surface area contributed by atoms with Crippen LogP contribution in [0.1, 0.15) is 43.9 Å². The van der Waals surface area contributed by atoms with E-state index in [4.69, 9.17) is 4.74 Å². The van der Waals surface area contributed by atoms with E-state index in [0.717, 1.165) is 17.7 Å². The maximum Gasteiger partial charge on any atom is 0.125 e. The van der Waals surface area contributed by atoms with Gasteiger partial charge in [-0.05, 0) is 31.4 Å². The second-order valence-electron chi connectivity index (χ2n) is 5.16. The Morgan fingerprint density at radius 3 is 2.88 bits per heavy atom. The van der Waals surface area contributed by atoms with E-state index in [0.29, 0.717) is 12.3 Å². The first-order chi connectivity index (χ1) is 7.56. The van der Waals surface area contributed by atoms with Gasteiger partial charge in [-0.2, -0.15) is 0 Å². The Kier molecular flexibility index (Phi) is 3.20. The topological polar surface area (TPSA) is 29.5 Å². The highest BCUT2D eigenvalue weighted by atomic mass is 16.5. The zero-order valence-electron chi connectivity index (χ0n) is 10.2. The highest BCUT2D eigenvalue weighted by Crippen LogP contribution is 2.36. The summed E-state index contributed by atoms with van der Waals surface area (Å²) >= 11 is 0. The van der Waals surface area contributed by atoms with Gasteiger partial charge in [0.25, 0.3) is 0 Å². The molecule has 0 radical (unpaired) electrons. The predicted molar refractivity (Wildman–Crippen MR) is 64.6 cm³/mol. The lowest BCUT2D eigenvalue weighted by Gasteiger charge is -2.30. The summed E-state index contributed by atoms with van der Waals surface area (Å²) in [5.74, 6) is 1.46. The molecule has 16 heavy (non-hydrogen) atoms. The third-order valence-electron chi connectivity index (χ3n) is 3.04. The number of aryl methyl sites for hydroxylation is 1. The van der Waals surface area contributed by atoms with E-state index < -0.39 is 0 Å². The summed E-state index contributed by atoms with van der Waals surface area (Å²) in [5, 5.41) is 10.1. The molecule has 1 heterocycles. The lowest BCUT2D eigenvalue weighted by atomic mass is 9.93. The molecule has 2 nitrogen and oxygen atoms in total. The smallest absolute Gasteiger partial charge is 0.125 e. The monoisotopic (exact) mass is 220 g/mol. The zero-order valence-corrected chi connectivity index (χ0v) is 10.2. The van der Waals surface area contributed by atoms with E-state index in [9.17, 15) is 5.11 Å². The Morgan fingerprint density at radius 1 is 1.44 bits per heavy atom. The summed E-state index contributed by atoms with van der Waals surface area (Å²) in [6.07, 6.45) is 1.51. The van der Waals surface area contributed by atoms with Crippen LogP contribution in [0.4, 0.5) is 0 Å². The standard InChI is InChI=1S/C14H20O2/c1-9(2)6-11-8-13(15)12-7-10(3)4-5-14(12)16-11/h4-5,7,9,11,13,15H,6,8H2,1-3H3/t11?,13-/m0/s1. The lowest BCUT2D eigenvalue weighted by molar-refractivity contribution is 0.0556. The second-order valence-corrected chi connectivity index (χ2v) is 5.16. The van der Waals surface area contributed by atoms with Crippen molar-refractivity contribution in [2.24, 2.45) is 5.92 Å². The van der Waals surface area contributed by atoms with Gasteiger partial charge in [0.1, 0.15) is 11.9 Å². The molecule has 0 aliphatic carbocycles. The van der Waals surface area contributed by atoms with Crippen molar-refractivity contribution in [2.45, 2.75) is 45.8 Å². The minimum atomic E-state index is -0.368. The van der Waals surface area contributed by atoms with Gasteiger partial charge >= 0.3 is 0 Å². The van der Waals surface area contributed by atoms with Gasteiger partial charge in [-0.1, -0.05) is 25.5 Å². The fraction of sp³-hybridized carbons (Fsp3) is 0.571. The quantitative estimate of drug-likeness (QED) is 0.829. The van der Waals surface area contributed by atoms with Gasteiger partial charge in [0.2, 0.25) is 0 Å².